The van der Waals surface area contributed by atoms with Crippen LogP contribution in [-0.4, -0.2) is 0 Å². The van der Waals surface area contributed by atoms with Gasteiger partial charge in [0.1, 0.15) is 0 Å². The van der Waals surface area contributed by atoms with Crippen LogP contribution in [0.2, 0.25) is 5.02 Å². The first-order valence-electron chi connectivity index (χ1n) is 6.81. The lowest BCUT2D eigenvalue weighted by Gasteiger charge is -2.10. The highest BCUT2D eigenvalue weighted by Gasteiger charge is 2.00. The van der Waals surface area contributed by atoms with Crippen molar-refractivity contribution in [2.45, 2.75) is 33.1 Å². The monoisotopic (exact) mass is 273 g/mol. The van der Waals surface area contributed by atoms with Crippen molar-refractivity contribution in [1.82, 2.24) is 0 Å². The summed E-state index contributed by atoms with van der Waals surface area (Å²) in [5, 5.41) is 4.20. The van der Waals surface area contributed by atoms with Crippen LogP contribution in [0.5, 0.6) is 0 Å². The summed E-state index contributed by atoms with van der Waals surface area (Å²) in [5.74, 6) is 0. The molecule has 2 aromatic carbocycles. The lowest BCUT2D eigenvalue weighted by atomic mass is 10.1. The SMILES string of the molecule is CCCCc1ccc(Nc2ccc(Cl)cc2C)cc1. The molecule has 0 heterocycles. The highest BCUT2D eigenvalue weighted by atomic mass is 35.5. The first-order valence-corrected chi connectivity index (χ1v) is 7.19. The van der Waals surface area contributed by atoms with E-state index in [-0.39, 0.29) is 0 Å². The predicted octanol–water partition coefficient (Wildman–Crippen LogP) is 5.73. The van der Waals surface area contributed by atoms with Crippen LogP contribution in [-0.2, 0) is 6.42 Å². The van der Waals surface area contributed by atoms with Crippen molar-refractivity contribution in [3.05, 3.63) is 58.6 Å². The normalized spacial score (nSPS) is 10.5. The van der Waals surface area contributed by atoms with Crippen LogP contribution in [0.4, 0.5) is 11.4 Å². The molecule has 1 nitrogen and oxygen atoms in total. The Bertz CT molecular complexity index is 531. The molecule has 100 valence electrons. The second-order valence-corrected chi connectivity index (χ2v) is 5.32. The van der Waals surface area contributed by atoms with E-state index >= 15 is 0 Å². The Morgan fingerprint density at radius 3 is 2.42 bits per heavy atom. The number of anilines is 2. The van der Waals surface area contributed by atoms with Gasteiger partial charge in [0.05, 0.1) is 0 Å². The third kappa shape index (κ3) is 4.00. The molecule has 0 aliphatic rings. The Morgan fingerprint density at radius 1 is 1.05 bits per heavy atom. The fourth-order valence-corrected chi connectivity index (χ4v) is 2.29. The Kier molecular flexibility index (Phi) is 4.86. The summed E-state index contributed by atoms with van der Waals surface area (Å²) in [6.07, 6.45) is 3.66. The first-order chi connectivity index (χ1) is 9.19. The van der Waals surface area contributed by atoms with Crippen LogP contribution < -0.4 is 5.32 Å². The Balaban J connectivity index is 2.06. The van der Waals surface area contributed by atoms with Gasteiger partial charge in [0.2, 0.25) is 0 Å². The quantitative estimate of drug-likeness (QED) is 0.733. The van der Waals surface area contributed by atoms with Crippen molar-refractivity contribution in [3.8, 4) is 0 Å². The summed E-state index contributed by atoms with van der Waals surface area (Å²) in [5.41, 5.74) is 4.78. The summed E-state index contributed by atoms with van der Waals surface area (Å²) in [6, 6.07) is 14.6. The lowest BCUT2D eigenvalue weighted by molar-refractivity contribution is 0.795. The number of unbranched alkanes of at least 4 members (excludes halogenated alkanes) is 1. The molecule has 0 aromatic heterocycles. The second-order valence-electron chi connectivity index (χ2n) is 4.88. The Labute approximate surface area is 120 Å². The molecule has 0 amide bonds. The van der Waals surface area contributed by atoms with Crippen LogP contribution in [0.1, 0.15) is 30.9 Å². The Morgan fingerprint density at radius 2 is 1.79 bits per heavy atom. The maximum atomic E-state index is 5.96. The molecule has 19 heavy (non-hydrogen) atoms. The molecule has 0 spiro atoms. The van der Waals surface area contributed by atoms with E-state index in [0.29, 0.717) is 0 Å². The fraction of sp³-hybridized carbons (Fsp3) is 0.294. The van der Waals surface area contributed by atoms with Crippen LogP contribution in [0.15, 0.2) is 42.5 Å². The number of aryl methyl sites for hydroxylation is 2. The molecule has 0 atom stereocenters. The van der Waals surface area contributed by atoms with Crippen LogP contribution >= 0.6 is 11.6 Å². The number of hydrogen-bond donors (Lipinski definition) is 1. The highest BCUT2D eigenvalue weighted by Crippen LogP contribution is 2.23. The number of benzene rings is 2. The first kappa shape index (κ1) is 14.0. The van der Waals surface area contributed by atoms with Gasteiger partial charge in [-0.05, 0) is 61.2 Å². The summed E-state index contributed by atoms with van der Waals surface area (Å²) in [7, 11) is 0. The zero-order valence-corrected chi connectivity index (χ0v) is 12.3. The summed E-state index contributed by atoms with van der Waals surface area (Å²) in [4.78, 5) is 0. The van der Waals surface area contributed by atoms with Crippen LogP contribution in [0.25, 0.3) is 0 Å². The van der Waals surface area contributed by atoms with E-state index in [1.54, 1.807) is 0 Å². The van der Waals surface area contributed by atoms with Crippen molar-refractivity contribution in [2.24, 2.45) is 0 Å². The van der Waals surface area contributed by atoms with Gasteiger partial charge in [-0.2, -0.15) is 0 Å². The largest absolute Gasteiger partial charge is 0.355 e. The van der Waals surface area contributed by atoms with E-state index in [1.165, 1.54) is 18.4 Å². The van der Waals surface area contributed by atoms with Crippen LogP contribution in [0.3, 0.4) is 0 Å². The van der Waals surface area contributed by atoms with Gasteiger partial charge < -0.3 is 5.32 Å². The molecular formula is C17H20ClN. The zero-order chi connectivity index (χ0) is 13.7. The smallest absolute Gasteiger partial charge is 0.0414 e. The van der Waals surface area contributed by atoms with Gasteiger partial charge in [0.25, 0.3) is 0 Å². The third-order valence-corrected chi connectivity index (χ3v) is 3.48. The molecule has 0 radical (unpaired) electrons. The topological polar surface area (TPSA) is 12.0 Å². The molecule has 0 bridgehead atoms. The van der Waals surface area contributed by atoms with Crippen molar-refractivity contribution in [2.75, 3.05) is 5.32 Å². The van der Waals surface area contributed by atoms with E-state index in [2.05, 4.69) is 43.4 Å². The minimum absolute atomic E-state index is 0.776. The number of halogens is 1. The molecule has 1 N–H and O–H groups in total. The van der Waals surface area contributed by atoms with Crippen molar-refractivity contribution >= 4 is 23.0 Å². The summed E-state index contributed by atoms with van der Waals surface area (Å²) >= 11 is 5.96. The van der Waals surface area contributed by atoms with E-state index in [1.807, 2.05) is 18.2 Å². The fourth-order valence-electron chi connectivity index (χ4n) is 2.06. The molecule has 2 aromatic rings. The molecule has 0 unspecified atom stereocenters. The number of hydrogen-bond acceptors (Lipinski definition) is 1. The molecule has 2 heteroatoms. The second kappa shape index (κ2) is 6.63. The molecule has 0 saturated carbocycles. The van der Waals surface area contributed by atoms with Crippen molar-refractivity contribution in [1.29, 1.82) is 0 Å². The van der Waals surface area contributed by atoms with Gasteiger partial charge in [-0.1, -0.05) is 37.1 Å². The maximum Gasteiger partial charge on any atom is 0.0414 e. The lowest BCUT2D eigenvalue weighted by Crippen LogP contribution is -1.93. The van der Waals surface area contributed by atoms with E-state index in [0.717, 1.165) is 28.4 Å². The van der Waals surface area contributed by atoms with Crippen LogP contribution in [0, 0.1) is 6.92 Å². The van der Waals surface area contributed by atoms with E-state index < -0.39 is 0 Å². The molecular weight excluding hydrogens is 254 g/mol. The minimum atomic E-state index is 0.776. The van der Waals surface area contributed by atoms with Gasteiger partial charge in [0.15, 0.2) is 0 Å². The van der Waals surface area contributed by atoms with E-state index in [9.17, 15) is 0 Å². The average molecular weight is 274 g/mol. The van der Waals surface area contributed by atoms with Gasteiger partial charge in [0, 0.05) is 16.4 Å². The molecule has 2 rings (SSSR count). The zero-order valence-electron chi connectivity index (χ0n) is 11.5. The number of nitrogens with one attached hydrogen (secondary N) is 1. The molecule has 0 aliphatic heterocycles. The van der Waals surface area contributed by atoms with Gasteiger partial charge in [-0.15, -0.1) is 0 Å². The minimum Gasteiger partial charge on any atom is -0.355 e. The predicted molar refractivity (Wildman–Crippen MR) is 84.5 cm³/mol. The average Bonchev–Trinajstić information content (AvgIpc) is 2.41. The number of rotatable bonds is 5. The van der Waals surface area contributed by atoms with E-state index in [4.69, 9.17) is 11.6 Å². The molecule has 0 fully saturated rings. The van der Waals surface area contributed by atoms with Gasteiger partial charge >= 0.3 is 0 Å². The maximum absolute atomic E-state index is 5.96. The van der Waals surface area contributed by atoms with Crippen molar-refractivity contribution in [3.63, 3.8) is 0 Å². The summed E-state index contributed by atoms with van der Waals surface area (Å²) in [6.45, 7) is 4.28. The van der Waals surface area contributed by atoms with Gasteiger partial charge in [-0.3, -0.25) is 0 Å². The molecule has 0 aliphatic carbocycles. The van der Waals surface area contributed by atoms with Crippen molar-refractivity contribution < 1.29 is 0 Å². The Hall–Kier alpha value is -1.47. The highest BCUT2D eigenvalue weighted by molar-refractivity contribution is 6.30. The molecule has 0 saturated heterocycles. The van der Waals surface area contributed by atoms with Gasteiger partial charge in [-0.25, -0.2) is 0 Å². The summed E-state index contributed by atoms with van der Waals surface area (Å²) < 4.78 is 0. The standard InChI is InChI=1S/C17H20ClN/c1-3-4-5-14-6-9-16(10-7-14)19-17-11-8-15(18)12-13(17)2/h6-12,19H,3-5H2,1-2H3. The third-order valence-electron chi connectivity index (χ3n) is 3.24.